The third kappa shape index (κ3) is 51.9. The van der Waals surface area contributed by atoms with E-state index in [1.54, 1.807) is 32.9 Å². The Labute approximate surface area is 98.6 Å². The molecule has 0 aromatic carbocycles. The molecule has 0 spiro atoms. The van der Waals surface area contributed by atoms with Crippen molar-refractivity contribution in [2.24, 2.45) is 0 Å². The molecular weight excluding hydrogens is 208 g/mol. The summed E-state index contributed by atoms with van der Waals surface area (Å²) >= 11 is 0. The molecule has 2 unspecified atom stereocenters. The number of hydrogen-bond donors (Lipinski definition) is 2. The van der Waals surface area contributed by atoms with Crippen molar-refractivity contribution in [3.63, 3.8) is 0 Å². The van der Waals surface area contributed by atoms with Crippen molar-refractivity contribution in [2.75, 3.05) is 0 Å². The second-order valence-corrected chi connectivity index (χ2v) is 3.01. The smallest absolute Gasteiger partial charge is 0.129 e. The molecule has 0 aromatic rings. The van der Waals surface area contributed by atoms with Crippen molar-refractivity contribution in [2.45, 2.75) is 46.3 Å². The van der Waals surface area contributed by atoms with E-state index in [0.717, 1.165) is 0 Å². The molecule has 4 heteroatoms. The average Bonchev–Trinajstić information content (AvgIpc) is 2.19. The van der Waals surface area contributed by atoms with Crippen LogP contribution in [0.1, 0.15) is 34.1 Å². The Kier molecular flexibility index (Phi) is 29.8. The average molecular weight is 234 g/mol. The van der Waals surface area contributed by atoms with Gasteiger partial charge >= 0.3 is 0 Å². The normalized spacial score (nSPS) is 11.1. The number of aliphatic hydroxyl groups is 2. The molecule has 0 aliphatic heterocycles. The van der Waals surface area contributed by atoms with Crippen LogP contribution in [0.2, 0.25) is 0 Å². The van der Waals surface area contributed by atoms with Gasteiger partial charge in [-0.25, -0.2) is 0 Å². The summed E-state index contributed by atoms with van der Waals surface area (Å²) in [5.74, 6) is 0.255. The number of Topliss-reactive ketones (excluding diaryl/α,β-unsaturated/α-hetero) is 1. The molecule has 0 saturated heterocycles. The lowest BCUT2D eigenvalue weighted by atomic mass is 10.3. The summed E-state index contributed by atoms with van der Waals surface area (Å²) in [5, 5.41) is 16.8. The second kappa shape index (κ2) is 19.6. The number of ketones is 1. The van der Waals surface area contributed by atoms with E-state index in [1.807, 2.05) is 6.92 Å². The van der Waals surface area contributed by atoms with Gasteiger partial charge in [0, 0.05) is 6.42 Å². The largest absolute Gasteiger partial charge is 0.412 e. The molecule has 0 amide bonds. The van der Waals surface area contributed by atoms with Crippen molar-refractivity contribution in [1.82, 2.24) is 0 Å². The minimum absolute atomic E-state index is 0. The van der Waals surface area contributed by atoms with Crippen LogP contribution in [0.3, 0.4) is 0 Å². The first-order chi connectivity index (χ1) is 6.83. The molecule has 0 aromatic heterocycles. The zero-order valence-electron chi connectivity index (χ0n) is 10.7. The molecule has 0 saturated carbocycles. The van der Waals surface area contributed by atoms with Gasteiger partial charge in [-0.2, -0.15) is 0 Å². The number of rotatable bonds is 3. The monoisotopic (exact) mass is 234 g/mol. The van der Waals surface area contributed by atoms with Gasteiger partial charge in [-0.15, -0.1) is 0 Å². The van der Waals surface area contributed by atoms with Gasteiger partial charge < -0.3 is 20.5 Å². The van der Waals surface area contributed by atoms with E-state index in [1.165, 1.54) is 0 Å². The molecule has 0 aliphatic rings. The van der Waals surface area contributed by atoms with Gasteiger partial charge in [-0.05, 0) is 20.8 Å². The van der Waals surface area contributed by atoms with E-state index in [-0.39, 0.29) is 11.3 Å². The second-order valence-electron chi connectivity index (χ2n) is 3.01. The van der Waals surface area contributed by atoms with Gasteiger partial charge in [-0.3, -0.25) is 0 Å². The van der Waals surface area contributed by atoms with Crippen molar-refractivity contribution >= 4 is 5.78 Å². The van der Waals surface area contributed by atoms with E-state index >= 15 is 0 Å². The SMILES string of the molecule is C=CC=C.CC(O)C(C)O.CCC(C)=O.O. The number of carbonyl (C=O) groups is 1. The first-order valence-electron chi connectivity index (χ1n) is 4.92. The Morgan fingerprint density at radius 3 is 1.38 bits per heavy atom. The Morgan fingerprint density at radius 1 is 1.19 bits per heavy atom. The highest BCUT2D eigenvalue weighted by Crippen LogP contribution is 1.85. The maximum atomic E-state index is 9.81. The lowest BCUT2D eigenvalue weighted by Crippen LogP contribution is -2.17. The fourth-order valence-corrected chi connectivity index (χ4v) is 0. The lowest BCUT2D eigenvalue weighted by molar-refractivity contribution is -0.116. The highest BCUT2D eigenvalue weighted by Gasteiger charge is 1.99. The van der Waals surface area contributed by atoms with Crippen LogP contribution in [-0.2, 0) is 4.79 Å². The number of carbonyl (C=O) groups excluding carboxylic acids is 1. The molecule has 98 valence electrons. The predicted octanol–water partition coefficient (Wildman–Crippen LogP) is 1.27. The third-order valence-electron chi connectivity index (χ3n) is 1.36. The van der Waals surface area contributed by atoms with E-state index in [9.17, 15) is 4.79 Å². The van der Waals surface area contributed by atoms with E-state index < -0.39 is 12.2 Å². The van der Waals surface area contributed by atoms with Gasteiger partial charge in [0.15, 0.2) is 0 Å². The highest BCUT2D eigenvalue weighted by atomic mass is 16.3. The van der Waals surface area contributed by atoms with Crippen molar-refractivity contribution in [3.8, 4) is 0 Å². The molecule has 0 bridgehead atoms. The third-order valence-corrected chi connectivity index (χ3v) is 1.36. The Morgan fingerprint density at radius 2 is 1.38 bits per heavy atom. The molecule has 2 atom stereocenters. The van der Waals surface area contributed by atoms with Crippen molar-refractivity contribution in [3.05, 3.63) is 25.3 Å². The molecule has 0 aliphatic carbocycles. The van der Waals surface area contributed by atoms with Gasteiger partial charge in [0.25, 0.3) is 0 Å². The Balaban J connectivity index is -0.0000000668. The lowest BCUT2D eigenvalue weighted by Gasteiger charge is -2.03. The van der Waals surface area contributed by atoms with Crippen LogP contribution in [0.15, 0.2) is 25.3 Å². The van der Waals surface area contributed by atoms with Gasteiger partial charge in [0.2, 0.25) is 0 Å². The van der Waals surface area contributed by atoms with Gasteiger partial charge in [0.05, 0.1) is 12.2 Å². The Bertz CT molecular complexity index is 150. The fraction of sp³-hybridized carbons (Fsp3) is 0.583. The number of aliphatic hydroxyl groups excluding tert-OH is 2. The first kappa shape index (κ1) is 24.3. The van der Waals surface area contributed by atoms with Crippen LogP contribution in [0.4, 0.5) is 0 Å². The topological polar surface area (TPSA) is 89.0 Å². The summed E-state index contributed by atoms with van der Waals surface area (Å²) in [6.45, 7) is 13.2. The molecule has 0 heterocycles. The van der Waals surface area contributed by atoms with Crippen LogP contribution in [0.5, 0.6) is 0 Å². The van der Waals surface area contributed by atoms with Crippen LogP contribution in [-0.4, -0.2) is 33.7 Å². The van der Waals surface area contributed by atoms with Gasteiger partial charge in [-0.1, -0.05) is 32.2 Å². The summed E-state index contributed by atoms with van der Waals surface area (Å²) < 4.78 is 0. The minimum Gasteiger partial charge on any atom is -0.412 e. The molecule has 0 rings (SSSR count). The molecule has 0 fully saturated rings. The van der Waals surface area contributed by atoms with Crippen molar-refractivity contribution < 1.29 is 20.5 Å². The predicted molar refractivity (Wildman–Crippen MR) is 68.3 cm³/mol. The van der Waals surface area contributed by atoms with Crippen LogP contribution < -0.4 is 0 Å². The highest BCUT2D eigenvalue weighted by molar-refractivity contribution is 5.74. The number of allylic oxidation sites excluding steroid dienone is 2. The zero-order valence-corrected chi connectivity index (χ0v) is 10.7. The molecule has 16 heavy (non-hydrogen) atoms. The zero-order chi connectivity index (χ0) is 12.9. The quantitative estimate of drug-likeness (QED) is 0.720. The maximum absolute atomic E-state index is 9.81. The molecule has 4 nitrogen and oxygen atoms in total. The summed E-state index contributed by atoms with van der Waals surface area (Å²) in [7, 11) is 0. The van der Waals surface area contributed by atoms with E-state index in [2.05, 4.69) is 13.2 Å². The molecular formula is C12H26O4. The standard InChI is InChI=1S/C4H10O2.C4H8O.C4H6.H2O/c1-3(5)4(2)6;1-3-4(2)5;1-3-4-2;/h3-6H,1-2H3;3H2,1-2H3;3-4H,1-2H2;1H2. The summed E-state index contributed by atoms with van der Waals surface area (Å²) in [6, 6.07) is 0. The summed E-state index contributed by atoms with van der Waals surface area (Å²) in [4.78, 5) is 9.81. The van der Waals surface area contributed by atoms with E-state index in [0.29, 0.717) is 6.42 Å². The molecule has 4 N–H and O–H groups in total. The first-order valence-corrected chi connectivity index (χ1v) is 4.92. The number of hydrogen-bond acceptors (Lipinski definition) is 3. The summed E-state index contributed by atoms with van der Waals surface area (Å²) in [5.41, 5.74) is 0. The van der Waals surface area contributed by atoms with Crippen molar-refractivity contribution in [1.29, 1.82) is 0 Å². The minimum atomic E-state index is -0.593. The summed E-state index contributed by atoms with van der Waals surface area (Å²) in [6.07, 6.45) is 2.76. The van der Waals surface area contributed by atoms with Crippen LogP contribution in [0, 0.1) is 0 Å². The van der Waals surface area contributed by atoms with E-state index in [4.69, 9.17) is 10.2 Å². The Hall–Kier alpha value is -0.970. The van der Waals surface area contributed by atoms with Gasteiger partial charge in [0.1, 0.15) is 5.78 Å². The fourth-order valence-electron chi connectivity index (χ4n) is 0. The molecule has 0 radical (unpaired) electrons. The van der Waals surface area contributed by atoms with Crippen LogP contribution >= 0.6 is 0 Å². The maximum Gasteiger partial charge on any atom is 0.129 e. The van der Waals surface area contributed by atoms with Crippen LogP contribution in [0.25, 0.3) is 0 Å².